The maximum atomic E-state index is 13.4. The quantitative estimate of drug-likeness (QED) is 0.530. The molecule has 0 bridgehead atoms. The van der Waals surface area contributed by atoms with E-state index in [2.05, 4.69) is 24.1 Å². The molecule has 0 saturated heterocycles. The standard InChI is InChI=1S/C27H35N3O3/c1-7-29(8-2)23-13-11-22(12-14-23)28-25-24(21-10-9-19(5)20(6)17-21)26(31)30(27(25)32)15-16-33-18(3)4/h9-14,17-18,28H,7-8,15-16H2,1-6H3. The minimum absolute atomic E-state index is 0.0342. The van der Waals surface area contributed by atoms with Gasteiger partial charge in [0.05, 0.1) is 24.8 Å². The summed E-state index contributed by atoms with van der Waals surface area (Å²) in [5.41, 5.74) is 5.55. The van der Waals surface area contributed by atoms with Crippen LogP contribution in [-0.4, -0.2) is 49.1 Å². The zero-order valence-electron chi connectivity index (χ0n) is 20.6. The number of anilines is 2. The number of aryl methyl sites for hydroxylation is 2. The van der Waals surface area contributed by atoms with E-state index in [1.165, 1.54) is 4.90 Å². The van der Waals surface area contributed by atoms with Crippen LogP contribution in [-0.2, 0) is 14.3 Å². The second kappa shape index (κ2) is 10.7. The van der Waals surface area contributed by atoms with Crippen LogP contribution in [0.3, 0.4) is 0 Å². The molecule has 0 fully saturated rings. The molecule has 0 atom stereocenters. The van der Waals surface area contributed by atoms with E-state index >= 15 is 0 Å². The highest BCUT2D eigenvalue weighted by atomic mass is 16.5. The molecule has 3 rings (SSSR count). The van der Waals surface area contributed by atoms with Crippen molar-refractivity contribution in [2.45, 2.75) is 47.6 Å². The normalized spacial score (nSPS) is 14.0. The molecule has 1 heterocycles. The topological polar surface area (TPSA) is 61.9 Å². The van der Waals surface area contributed by atoms with E-state index in [9.17, 15) is 9.59 Å². The Morgan fingerprint density at radius 3 is 2.18 bits per heavy atom. The van der Waals surface area contributed by atoms with Gasteiger partial charge in [-0.15, -0.1) is 0 Å². The lowest BCUT2D eigenvalue weighted by Crippen LogP contribution is -2.35. The highest BCUT2D eigenvalue weighted by Crippen LogP contribution is 2.32. The van der Waals surface area contributed by atoms with Crippen molar-refractivity contribution in [1.29, 1.82) is 0 Å². The van der Waals surface area contributed by atoms with E-state index in [4.69, 9.17) is 4.74 Å². The lowest BCUT2D eigenvalue weighted by Gasteiger charge is -2.21. The van der Waals surface area contributed by atoms with Gasteiger partial charge in [-0.25, -0.2) is 0 Å². The number of benzene rings is 2. The fourth-order valence-electron chi connectivity index (χ4n) is 3.93. The number of imide groups is 1. The molecule has 176 valence electrons. The van der Waals surface area contributed by atoms with Crippen LogP contribution in [0, 0.1) is 13.8 Å². The number of hydrogen-bond donors (Lipinski definition) is 1. The van der Waals surface area contributed by atoms with Crippen LogP contribution in [0.2, 0.25) is 0 Å². The molecule has 0 radical (unpaired) electrons. The molecular formula is C27H35N3O3. The fourth-order valence-corrected chi connectivity index (χ4v) is 3.93. The van der Waals surface area contributed by atoms with Gasteiger partial charge in [0.15, 0.2) is 0 Å². The molecule has 1 aliphatic heterocycles. The molecule has 2 aromatic carbocycles. The Bertz CT molecular complexity index is 1040. The molecular weight excluding hydrogens is 414 g/mol. The minimum atomic E-state index is -0.326. The van der Waals surface area contributed by atoms with Gasteiger partial charge in [-0.3, -0.25) is 14.5 Å². The van der Waals surface area contributed by atoms with Crippen LogP contribution < -0.4 is 10.2 Å². The van der Waals surface area contributed by atoms with Gasteiger partial charge >= 0.3 is 0 Å². The first kappa shape index (κ1) is 24.5. The predicted octanol–water partition coefficient (Wildman–Crippen LogP) is 4.77. The summed E-state index contributed by atoms with van der Waals surface area (Å²) < 4.78 is 5.60. The van der Waals surface area contributed by atoms with Gasteiger partial charge in [0.1, 0.15) is 5.70 Å². The number of ether oxygens (including phenoxy) is 1. The molecule has 0 unspecified atom stereocenters. The second-order valence-electron chi connectivity index (χ2n) is 8.57. The van der Waals surface area contributed by atoms with Crippen molar-refractivity contribution in [3.05, 3.63) is 64.9 Å². The smallest absolute Gasteiger partial charge is 0.278 e. The average molecular weight is 450 g/mol. The predicted molar refractivity (Wildman–Crippen MR) is 134 cm³/mol. The summed E-state index contributed by atoms with van der Waals surface area (Å²) in [5.74, 6) is -0.619. The summed E-state index contributed by atoms with van der Waals surface area (Å²) in [4.78, 5) is 30.2. The Balaban J connectivity index is 1.95. The third-order valence-corrected chi connectivity index (χ3v) is 5.99. The van der Waals surface area contributed by atoms with Crippen LogP contribution in [0.15, 0.2) is 48.2 Å². The van der Waals surface area contributed by atoms with Crippen molar-refractivity contribution in [2.75, 3.05) is 36.5 Å². The third-order valence-electron chi connectivity index (χ3n) is 5.99. The Kier molecular flexibility index (Phi) is 7.92. The lowest BCUT2D eigenvalue weighted by atomic mass is 9.99. The summed E-state index contributed by atoms with van der Waals surface area (Å²) in [6.07, 6.45) is 0.0342. The summed E-state index contributed by atoms with van der Waals surface area (Å²) >= 11 is 0. The molecule has 1 N–H and O–H groups in total. The van der Waals surface area contributed by atoms with Crippen molar-refractivity contribution in [2.24, 2.45) is 0 Å². The second-order valence-corrected chi connectivity index (χ2v) is 8.57. The zero-order chi connectivity index (χ0) is 24.1. The van der Waals surface area contributed by atoms with Gasteiger partial charge in [-0.1, -0.05) is 18.2 Å². The lowest BCUT2D eigenvalue weighted by molar-refractivity contribution is -0.137. The number of hydrogen-bond acceptors (Lipinski definition) is 5. The number of rotatable bonds is 10. The Morgan fingerprint density at radius 2 is 1.61 bits per heavy atom. The Labute approximate surface area is 197 Å². The summed E-state index contributed by atoms with van der Waals surface area (Å²) in [6.45, 7) is 14.5. The minimum Gasteiger partial charge on any atom is -0.377 e. The van der Waals surface area contributed by atoms with E-state index in [0.29, 0.717) is 17.9 Å². The first-order valence-corrected chi connectivity index (χ1v) is 11.7. The molecule has 33 heavy (non-hydrogen) atoms. The first-order chi connectivity index (χ1) is 15.8. The molecule has 0 aromatic heterocycles. The molecule has 0 aliphatic carbocycles. The van der Waals surface area contributed by atoms with Crippen molar-refractivity contribution in [1.82, 2.24) is 4.90 Å². The highest BCUT2D eigenvalue weighted by Gasteiger charge is 2.39. The summed E-state index contributed by atoms with van der Waals surface area (Å²) in [5, 5.41) is 3.24. The number of carbonyl (C=O) groups is 2. The molecule has 2 amide bonds. The molecule has 0 saturated carbocycles. The van der Waals surface area contributed by atoms with Crippen LogP contribution in [0.4, 0.5) is 11.4 Å². The number of nitrogens with one attached hydrogen (secondary N) is 1. The fraction of sp³-hybridized carbons (Fsp3) is 0.407. The van der Waals surface area contributed by atoms with E-state index in [1.807, 2.05) is 70.2 Å². The number of amides is 2. The van der Waals surface area contributed by atoms with Gasteiger partial charge < -0.3 is 15.0 Å². The Hall–Kier alpha value is -3.12. The number of nitrogens with zero attached hydrogens (tertiary/aromatic N) is 2. The maximum Gasteiger partial charge on any atom is 0.278 e. The Morgan fingerprint density at radius 1 is 0.939 bits per heavy atom. The van der Waals surface area contributed by atoms with Crippen LogP contribution >= 0.6 is 0 Å². The first-order valence-electron chi connectivity index (χ1n) is 11.7. The van der Waals surface area contributed by atoms with Gasteiger partial charge in [0.25, 0.3) is 11.8 Å². The summed E-state index contributed by atoms with van der Waals surface area (Å²) in [7, 11) is 0. The SMILES string of the molecule is CCN(CC)c1ccc(NC2=C(c3ccc(C)c(C)c3)C(=O)N(CCOC(C)C)C2=O)cc1. The highest BCUT2D eigenvalue weighted by molar-refractivity contribution is 6.36. The van der Waals surface area contributed by atoms with E-state index < -0.39 is 0 Å². The van der Waals surface area contributed by atoms with E-state index in [-0.39, 0.29) is 24.5 Å². The monoisotopic (exact) mass is 449 g/mol. The van der Waals surface area contributed by atoms with E-state index in [1.54, 1.807) is 0 Å². The van der Waals surface area contributed by atoms with Gasteiger partial charge in [0, 0.05) is 24.5 Å². The number of carbonyl (C=O) groups excluding carboxylic acids is 2. The molecule has 0 spiro atoms. The van der Waals surface area contributed by atoms with Crippen molar-refractivity contribution < 1.29 is 14.3 Å². The third kappa shape index (κ3) is 5.45. The van der Waals surface area contributed by atoms with E-state index in [0.717, 1.165) is 41.2 Å². The zero-order valence-corrected chi connectivity index (χ0v) is 20.6. The summed E-state index contributed by atoms with van der Waals surface area (Å²) in [6, 6.07) is 13.8. The maximum absolute atomic E-state index is 13.4. The average Bonchev–Trinajstić information content (AvgIpc) is 3.01. The molecule has 1 aliphatic rings. The molecule has 2 aromatic rings. The van der Waals surface area contributed by atoms with Crippen LogP contribution in [0.1, 0.15) is 44.4 Å². The van der Waals surface area contributed by atoms with Crippen molar-refractivity contribution >= 4 is 28.8 Å². The molecule has 6 nitrogen and oxygen atoms in total. The van der Waals surface area contributed by atoms with Crippen LogP contribution in [0.25, 0.3) is 5.57 Å². The van der Waals surface area contributed by atoms with Gasteiger partial charge in [0.2, 0.25) is 0 Å². The van der Waals surface area contributed by atoms with Crippen molar-refractivity contribution in [3.8, 4) is 0 Å². The largest absolute Gasteiger partial charge is 0.377 e. The van der Waals surface area contributed by atoms with Gasteiger partial charge in [-0.05, 0) is 82.5 Å². The van der Waals surface area contributed by atoms with Crippen molar-refractivity contribution in [3.63, 3.8) is 0 Å². The molecule has 6 heteroatoms. The van der Waals surface area contributed by atoms with Gasteiger partial charge in [-0.2, -0.15) is 0 Å². The van der Waals surface area contributed by atoms with Crippen LogP contribution in [0.5, 0.6) is 0 Å².